The zero-order chi connectivity index (χ0) is 13.8. The third-order valence-electron chi connectivity index (χ3n) is 3.28. The quantitative estimate of drug-likeness (QED) is 0.768. The lowest BCUT2D eigenvalue weighted by molar-refractivity contribution is 0.651. The Bertz CT molecular complexity index is 669. The first-order valence-corrected chi connectivity index (χ1v) is 6.58. The molecule has 1 aromatic carbocycles. The minimum Gasteiger partial charge on any atom is -0.337 e. The van der Waals surface area contributed by atoms with Crippen LogP contribution in [0.15, 0.2) is 55.2 Å². The number of rotatable bonds is 5. The third-order valence-corrected chi connectivity index (χ3v) is 3.28. The molecule has 0 aliphatic heterocycles. The van der Waals surface area contributed by atoms with Gasteiger partial charge in [0.05, 0.1) is 17.7 Å². The van der Waals surface area contributed by atoms with Crippen LogP contribution in [0.1, 0.15) is 11.3 Å². The molecule has 2 heterocycles. The number of nitrogens with one attached hydrogen (secondary N) is 1. The highest BCUT2D eigenvalue weighted by atomic mass is 15.3. The van der Waals surface area contributed by atoms with Crippen molar-refractivity contribution in [1.29, 1.82) is 0 Å². The van der Waals surface area contributed by atoms with Crippen LogP contribution in [0.2, 0.25) is 0 Å². The van der Waals surface area contributed by atoms with Crippen LogP contribution in [0, 0.1) is 0 Å². The molecule has 3 rings (SSSR count). The summed E-state index contributed by atoms with van der Waals surface area (Å²) in [6, 6.07) is 10.2. The highest BCUT2D eigenvalue weighted by molar-refractivity contribution is 5.40. The number of nitrogens with zero attached hydrogens (tertiary/aromatic N) is 4. The van der Waals surface area contributed by atoms with E-state index >= 15 is 0 Å². The summed E-state index contributed by atoms with van der Waals surface area (Å²) < 4.78 is 3.91. The number of hydrogen-bond donors (Lipinski definition) is 1. The van der Waals surface area contributed by atoms with Crippen molar-refractivity contribution in [2.24, 2.45) is 7.05 Å². The zero-order valence-corrected chi connectivity index (χ0v) is 11.4. The van der Waals surface area contributed by atoms with Gasteiger partial charge in [-0.2, -0.15) is 5.10 Å². The lowest BCUT2D eigenvalue weighted by Crippen LogP contribution is -2.16. The van der Waals surface area contributed by atoms with E-state index in [4.69, 9.17) is 0 Å². The van der Waals surface area contributed by atoms with Crippen LogP contribution in [0.4, 0.5) is 0 Å². The van der Waals surface area contributed by atoms with Crippen LogP contribution in [0.3, 0.4) is 0 Å². The molecule has 0 atom stereocenters. The molecule has 0 unspecified atom stereocenters. The maximum atomic E-state index is 4.29. The van der Waals surface area contributed by atoms with Gasteiger partial charge < -0.3 is 9.88 Å². The molecule has 20 heavy (non-hydrogen) atoms. The Balaban J connectivity index is 1.70. The van der Waals surface area contributed by atoms with E-state index in [1.807, 2.05) is 53.2 Å². The minimum absolute atomic E-state index is 0.793. The molecular weight excluding hydrogens is 250 g/mol. The van der Waals surface area contributed by atoms with Gasteiger partial charge in [-0.1, -0.05) is 18.2 Å². The molecule has 0 bridgehead atoms. The number of para-hydroxylation sites is 1. The highest BCUT2D eigenvalue weighted by Crippen LogP contribution is 2.13. The minimum atomic E-state index is 0.793. The molecule has 3 aromatic rings. The largest absolute Gasteiger partial charge is 0.337 e. The topological polar surface area (TPSA) is 47.7 Å². The van der Waals surface area contributed by atoms with E-state index in [9.17, 15) is 0 Å². The van der Waals surface area contributed by atoms with E-state index in [1.165, 1.54) is 11.3 Å². The lowest BCUT2D eigenvalue weighted by atomic mass is 10.2. The molecule has 0 aliphatic rings. The van der Waals surface area contributed by atoms with E-state index in [0.29, 0.717) is 0 Å². The first-order valence-electron chi connectivity index (χ1n) is 6.58. The van der Waals surface area contributed by atoms with Crippen LogP contribution in [0.25, 0.3) is 5.69 Å². The van der Waals surface area contributed by atoms with Gasteiger partial charge in [-0.15, -0.1) is 0 Å². The Labute approximate surface area is 117 Å². The Kier molecular flexibility index (Phi) is 3.60. The van der Waals surface area contributed by atoms with Gasteiger partial charge in [0.15, 0.2) is 0 Å². The van der Waals surface area contributed by atoms with Gasteiger partial charge in [0.2, 0.25) is 0 Å². The second kappa shape index (κ2) is 5.71. The van der Waals surface area contributed by atoms with Gasteiger partial charge >= 0.3 is 0 Å². The summed E-state index contributed by atoms with van der Waals surface area (Å²) in [5.74, 6) is 0. The molecule has 0 saturated heterocycles. The standard InChI is InChI=1S/C15H17N5/c1-19-12-17-11-14(19)10-16-9-13-5-2-3-6-15(13)20-8-4-7-18-20/h2-8,11-12,16H,9-10H2,1H3. The van der Waals surface area contributed by atoms with E-state index in [-0.39, 0.29) is 0 Å². The average Bonchev–Trinajstić information content (AvgIpc) is 3.12. The number of hydrogen-bond acceptors (Lipinski definition) is 3. The number of aromatic nitrogens is 4. The van der Waals surface area contributed by atoms with Crippen molar-refractivity contribution in [2.45, 2.75) is 13.1 Å². The van der Waals surface area contributed by atoms with E-state index in [1.54, 1.807) is 6.20 Å². The summed E-state index contributed by atoms with van der Waals surface area (Å²) in [4.78, 5) is 4.11. The van der Waals surface area contributed by atoms with Gasteiger partial charge in [-0.05, 0) is 17.7 Å². The fourth-order valence-corrected chi connectivity index (χ4v) is 2.18. The Morgan fingerprint density at radius 2 is 2.05 bits per heavy atom. The van der Waals surface area contributed by atoms with Gasteiger partial charge in [-0.25, -0.2) is 9.67 Å². The highest BCUT2D eigenvalue weighted by Gasteiger charge is 2.04. The number of benzene rings is 1. The van der Waals surface area contributed by atoms with E-state index in [0.717, 1.165) is 18.8 Å². The predicted octanol–water partition coefficient (Wildman–Crippen LogP) is 1.90. The van der Waals surface area contributed by atoms with Crippen LogP contribution >= 0.6 is 0 Å². The molecule has 0 spiro atoms. The molecule has 102 valence electrons. The van der Waals surface area contributed by atoms with Crippen LogP contribution in [-0.2, 0) is 20.1 Å². The molecule has 0 radical (unpaired) electrons. The normalized spacial score (nSPS) is 10.8. The lowest BCUT2D eigenvalue weighted by Gasteiger charge is -2.10. The second-order valence-corrected chi connectivity index (χ2v) is 4.68. The van der Waals surface area contributed by atoms with Crippen molar-refractivity contribution in [1.82, 2.24) is 24.6 Å². The summed E-state index contributed by atoms with van der Waals surface area (Å²) in [6.07, 6.45) is 7.45. The van der Waals surface area contributed by atoms with Crippen LogP contribution in [0.5, 0.6) is 0 Å². The van der Waals surface area contributed by atoms with Crippen LogP contribution < -0.4 is 5.32 Å². The van der Waals surface area contributed by atoms with Gasteiger partial charge in [0.25, 0.3) is 0 Å². The van der Waals surface area contributed by atoms with E-state index < -0.39 is 0 Å². The van der Waals surface area contributed by atoms with Gasteiger partial charge in [-0.3, -0.25) is 0 Å². The zero-order valence-electron chi connectivity index (χ0n) is 11.4. The SMILES string of the molecule is Cn1cncc1CNCc1ccccc1-n1cccn1. The maximum absolute atomic E-state index is 4.29. The maximum Gasteiger partial charge on any atom is 0.0945 e. The summed E-state index contributed by atoms with van der Waals surface area (Å²) >= 11 is 0. The first kappa shape index (κ1) is 12.6. The summed E-state index contributed by atoms with van der Waals surface area (Å²) in [5.41, 5.74) is 3.50. The smallest absolute Gasteiger partial charge is 0.0945 e. The molecular formula is C15H17N5. The number of imidazole rings is 1. The molecule has 0 saturated carbocycles. The van der Waals surface area contributed by atoms with Crippen molar-refractivity contribution in [3.05, 3.63) is 66.5 Å². The molecule has 5 nitrogen and oxygen atoms in total. The van der Waals surface area contributed by atoms with Crippen molar-refractivity contribution in [3.63, 3.8) is 0 Å². The average molecular weight is 267 g/mol. The molecule has 0 amide bonds. The Hall–Kier alpha value is -2.40. The predicted molar refractivity (Wildman–Crippen MR) is 77.3 cm³/mol. The monoisotopic (exact) mass is 267 g/mol. The Morgan fingerprint density at radius 3 is 2.80 bits per heavy atom. The van der Waals surface area contributed by atoms with Crippen LogP contribution in [-0.4, -0.2) is 19.3 Å². The second-order valence-electron chi connectivity index (χ2n) is 4.68. The Morgan fingerprint density at radius 1 is 1.15 bits per heavy atom. The third kappa shape index (κ3) is 2.62. The summed E-state index contributed by atoms with van der Waals surface area (Å²) in [6.45, 7) is 1.59. The van der Waals surface area contributed by atoms with Crippen molar-refractivity contribution >= 4 is 0 Å². The van der Waals surface area contributed by atoms with E-state index in [2.05, 4.69) is 27.5 Å². The fraction of sp³-hybridized carbons (Fsp3) is 0.200. The molecule has 1 N–H and O–H groups in total. The number of aryl methyl sites for hydroxylation is 1. The fourth-order valence-electron chi connectivity index (χ4n) is 2.18. The summed E-state index contributed by atoms with van der Waals surface area (Å²) in [7, 11) is 2.00. The van der Waals surface area contributed by atoms with Gasteiger partial charge in [0.1, 0.15) is 0 Å². The molecule has 0 fully saturated rings. The van der Waals surface area contributed by atoms with Gasteiger partial charge in [0, 0.05) is 38.7 Å². The van der Waals surface area contributed by atoms with Crippen molar-refractivity contribution in [3.8, 4) is 5.69 Å². The molecule has 2 aromatic heterocycles. The van der Waals surface area contributed by atoms with Crippen molar-refractivity contribution < 1.29 is 0 Å². The molecule has 5 heteroatoms. The van der Waals surface area contributed by atoms with Crippen molar-refractivity contribution in [2.75, 3.05) is 0 Å². The molecule has 0 aliphatic carbocycles. The first-order chi connectivity index (χ1) is 9.84. The summed E-state index contributed by atoms with van der Waals surface area (Å²) in [5, 5.41) is 7.74.